The summed E-state index contributed by atoms with van der Waals surface area (Å²) >= 11 is 7.22. The number of halogens is 4. The molecule has 0 fully saturated rings. The van der Waals surface area contributed by atoms with E-state index >= 15 is 0 Å². The minimum absolute atomic E-state index is 0.0673. The zero-order chi connectivity index (χ0) is 13.2. The van der Waals surface area contributed by atoms with Crippen LogP contribution in [0, 0.1) is 0 Å². The Hall–Kier alpha value is -1.20. The van der Waals surface area contributed by atoms with Crippen LogP contribution in [0.5, 0.6) is 0 Å². The number of hydrogen-bond donors (Lipinski definition) is 1. The number of nitrogens with one attached hydrogen (secondary N) is 1. The first-order chi connectivity index (χ1) is 8.45. The molecule has 0 amide bonds. The Bertz CT molecular complexity index is 523. The van der Waals surface area contributed by atoms with Gasteiger partial charge in [0.25, 0.3) is 0 Å². The van der Waals surface area contributed by atoms with Gasteiger partial charge in [-0.05, 0) is 40.6 Å². The normalized spacial score (nSPS) is 11.6. The summed E-state index contributed by atoms with van der Waals surface area (Å²) in [5, 5.41) is 6.84. The number of benzene rings is 1. The highest BCUT2D eigenvalue weighted by atomic mass is 35.5. The predicted molar refractivity (Wildman–Crippen MR) is 68.1 cm³/mol. The van der Waals surface area contributed by atoms with Crippen LogP contribution in [0.25, 0.3) is 0 Å². The molecule has 0 unspecified atom stereocenters. The summed E-state index contributed by atoms with van der Waals surface area (Å²) in [6.07, 6.45) is -4.39. The van der Waals surface area contributed by atoms with Crippen LogP contribution in [0.4, 0.5) is 18.9 Å². The summed E-state index contributed by atoms with van der Waals surface area (Å²) < 4.78 is 37.7. The van der Waals surface area contributed by atoms with E-state index in [9.17, 15) is 13.2 Å². The molecule has 0 aliphatic carbocycles. The Morgan fingerprint density at radius 3 is 2.61 bits per heavy atom. The van der Waals surface area contributed by atoms with Gasteiger partial charge >= 0.3 is 6.18 Å². The van der Waals surface area contributed by atoms with E-state index < -0.39 is 11.7 Å². The highest BCUT2D eigenvalue weighted by Crippen LogP contribution is 2.33. The van der Waals surface area contributed by atoms with Crippen LogP contribution < -0.4 is 5.32 Å². The Balaban J connectivity index is 2.15. The summed E-state index contributed by atoms with van der Waals surface area (Å²) in [5.74, 6) is 0. The molecule has 1 heterocycles. The van der Waals surface area contributed by atoms with E-state index in [-0.39, 0.29) is 5.02 Å². The van der Waals surface area contributed by atoms with E-state index in [2.05, 4.69) is 5.32 Å². The largest absolute Gasteiger partial charge is 0.416 e. The quantitative estimate of drug-likeness (QED) is 0.836. The van der Waals surface area contributed by atoms with E-state index in [0.29, 0.717) is 12.2 Å². The fourth-order valence-corrected chi connectivity index (χ4v) is 2.36. The van der Waals surface area contributed by atoms with Gasteiger partial charge in [0, 0.05) is 17.3 Å². The minimum atomic E-state index is -4.39. The van der Waals surface area contributed by atoms with E-state index in [1.807, 2.05) is 16.8 Å². The Morgan fingerprint density at radius 2 is 2.00 bits per heavy atom. The standard InChI is InChI=1S/C12H9ClF3NS/c13-10-3-9(12(14,15)16)4-11(5-10)17-6-8-1-2-18-7-8/h1-5,7,17H,6H2. The highest BCUT2D eigenvalue weighted by Gasteiger charge is 2.31. The molecule has 0 aliphatic heterocycles. The summed E-state index contributed by atoms with van der Waals surface area (Å²) in [5.41, 5.74) is 0.636. The molecule has 18 heavy (non-hydrogen) atoms. The molecular formula is C12H9ClF3NS. The maximum atomic E-state index is 12.6. The molecule has 0 bridgehead atoms. The number of rotatable bonds is 3. The topological polar surface area (TPSA) is 12.0 Å². The molecule has 1 nitrogen and oxygen atoms in total. The summed E-state index contributed by atoms with van der Waals surface area (Å²) in [4.78, 5) is 0. The van der Waals surface area contributed by atoms with Crippen molar-refractivity contribution in [2.75, 3.05) is 5.32 Å². The predicted octanol–water partition coefficient (Wildman–Crippen LogP) is 5.03. The van der Waals surface area contributed by atoms with Crippen molar-refractivity contribution in [1.29, 1.82) is 0 Å². The summed E-state index contributed by atoms with van der Waals surface area (Å²) in [7, 11) is 0. The molecule has 1 aromatic carbocycles. The third-order valence-electron chi connectivity index (χ3n) is 2.30. The molecule has 2 aromatic rings. The van der Waals surface area contributed by atoms with Crippen LogP contribution in [0.1, 0.15) is 11.1 Å². The van der Waals surface area contributed by atoms with Crippen molar-refractivity contribution in [3.63, 3.8) is 0 Å². The molecule has 2 rings (SSSR count). The average molecular weight is 292 g/mol. The van der Waals surface area contributed by atoms with Crippen molar-refractivity contribution in [3.05, 3.63) is 51.2 Å². The van der Waals surface area contributed by atoms with E-state index in [1.165, 1.54) is 17.4 Å². The van der Waals surface area contributed by atoms with Gasteiger partial charge in [0.2, 0.25) is 0 Å². The Labute approximate surface area is 111 Å². The van der Waals surface area contributed by atoms with Crippen LogP contribution in [0.15, 0.2) is 35.0 Å². The van der Waals surface area contributed by atoms with Gasteiger partial charge in [-0.1, -0.05) is 11.6 Å². The van der Waals surface area contributed by atoms with Crippen LogP contribution in [0.2, 0.25) is 5.02 Å². The number of hydrogen-bond acceptors (Lipinski definition) is 2. The van der Waals surface area contributed by atoms with Crippen LogP contribution in [0.3, 0.4) is 0 Å². The van der Waals surface area contributed by atoms with E-state index in [4.69, 9.17) is 11.6 Å². The molecule has 6 heteroatoms. The SMILES string of the molecule is FC(F)(F)c1cc(Cl)cc(NCc2ccsc2)c1. The first-order valence-electron chi connectivity index (χ1n) is 5.08. The maximum absolute atomic E-state index is 12.6. The van der Waals surface area contributed by atoms with Gasteiger partial charge in [0.1, 0.15) is 0 Å². The van der Waals surface area contributed by atoms with E-state index in [1.54, 1.807) is 0 Å². The van der Waals surface area contributed by atoms with Gasteiger partial charge in [0.15, 0.2) is 0 Å². The number of alkyl halides is 3. The molecule has 0 spiro atoms. The fourth-order valence-electron chi connectivity index (χ4n) is 1.45. The second-order valence-electron chi connectivity index (χ2n) is 3.71. The van der Waals surface area contributed by atoms with Gasteiger partial charge in [-0.3, -0.25) is 0 Å². The maximum Gasteiger partial charge on any atom is 0.416 e. The monoisotopic (exact) mass is 291 g/mol. The number of anilines is 1. The van der Waals surface area contributed by atoms with Gasteiger partial charge in [-0.25, -0.2) is 0 Å². The van der Waals surface area contributed by atoms with Crippen molar-refractivity contribution in [1.82, 2.24) is 0 Å². The fraction of sp³-hybridized carbons (Fsp3) is 0.167. The zero-order valence-corrected chi connectivity index (χ0v) is 10.7. The molecule has 1 N–H and O–H groups in total. The van der Waals surface area contributed by atoms with Crippen molar-refractivity contribution in [3.8, 4) is 0 Å². The molecular weight excluding hydrogens is 283 g/mol. The minimum Gasteiger partial charge on any atom is -0.381 e. The second kappa shape index (κ2) is 5.20. The average Bonchev–Trinajstić information content (AvgIpc) is 2.77. The van der Waals surface area contributed by atoms with Gasteiger partial charge < -0.3 is 5.32 Å². The molecule has 0 saturated carbocycles. The second-order valence-corrected chi connectivity index (χ2v) is 4.93. The van der Waals surface area contributed by atoms with Gasteiger partial charge in [-0.15, -0.1) is 0 Å². The number of thiophene rings is 1. The molecule has 0 radical (unpaired) electrons. The summed E-state index contributed by atoms with van der Waals surface area (Å²) in [6.45, 7) is 0.473. The summed E-state index contributed by atoms with van der Waals surface area (Å²) in [6, 6.07) is 5.35. The van der Waals surface area contributed by atoms with Crippen molar-refractivity contribution in [2.45, 2.75) is 12.7 Å². The van der Waals surface area contributed by atoms with Crippen molar-refractivity contribution in [2.24, 2.45) is 0 Å². The molecule has 96 valence electrons. The van der Waals surface area contributed by atoms with Crippen LogP contribution in [-0.2, 0) is 12.7 Å². The van der Waals surface area contributed by atoms with E-state index in [0.717, 1.165) is 17.7 Å². The first kappa shape index (κ1) is 13.2. The first-order valence-corrected chi connectivity index (χ1v) is 6.40. The Kier molecular flexibility index (Phi) is 3.82. The zero-order valence-electron chi connectivity index (χ0n) is 9.09. The lowest BCUT2D eigenvalue weighted by Crippen LogP contribution is -2.06. The third kappa shape index (κ3) is 3.40. The van der Waals surface area contributed by atoms with Crippen molar-refractivity contribution >= 4 is 28.6 Å². The van der Waals surface area contributed by atoms with Crippen LogP contribution >= 0.6 is 22.9 Å². The molecule has 0 aliphatic rings. The lowest BCUT2D eigenvalue weighted by atomic mass is 10.2. The van der Waals surface area contributed by atoms with Gasteiger partial charge in [-0.2, -0.15) is 24.5 Å². The van der Waals surface area contributed by atoms with Crippen molar-refractivity contribution < 1.29 is 13.2 Å². The highest BCUT2D eigenvalue weighted by molar-refractivity contribution is 7.07. The third-order valence-corrected chi connectivity index (χ3v) is 3.25. The molecule has 0 atom stereocenters. The molecule has 0 saturated heterocycles. The van der Waals surface area contributed by atoms with Crippen LogP contribution in [-0.4, -0.2) is 0 Å². The molecule has 1 aromatic heterocycles. The lowest BCUT2D eigenvalue weighted by Gasteiger charge is -2.11. The van der Waals surface area contributed by atoms with Gasteiger partial charge in [0.05, 0.1) is 5.56 Å². The Morgan fingerprint density at radius 1 is 1.22 bits per heavy atom. The smallest absolute Gasteiger partial charge is 0.381 e. The lowest BCUT2D eigenvalue weighted by molar-refractivity contribution is -0.137.